The molecule has 2 N–H and O–H groups in total. The molecule has 0 bridgehead atoms. The maximum atomic E-state index is 9.41. The van der Waals surface area contributed by atoms with Gasteiger partial charge in [-0.1, -0.05) is 0 Å². The summed E-state index contributed by atoms with van der Waals surface area (Å²) in [5, 5.41) is 21.0. The zero-order chi connectivity index (χ0) is 17.4. The summed E-state index contributed by atoms with van der Waals surface area (Å²) in [5.74, 6) is 0. The second kappa shape index (κ2) is 5.68. The number of fused-ring (bicyclic) bond motifs is 1. The molecule has 0 aliphatic heterocycles. The van der Waals surface area contributed by atoms with Gasteiger partial charge >= 0.3 is 0 Å². The second-order valence-electron chi connectivity index (χ2n) is 5.44. The number of hydrogen-bond donors (Lipinski definition) is 1. The van der Waals surface area contributed by atoms with E-state index < -0.39 is 0 Å². The van der Waals surface area contributed by atoms with Crippen molar-refractivity contribution in [3.05, 3.63) is 53.2 Å². The van der Waals surface area contributed by atoms with Gasteiger partial charge in [-0.2, -0.15) is 10.4 Å². The van der Waals surface area contributed by atoms with Crippen molar-refractivity contribution in [2.45, 2.75) is 13.3 Å². The van der Waals surface area contributed by atoms with Crippen molar-refractivity contribution in [2.24, 2.45) is 0 Å². The van der Waals surface area contributed by atoms with E-state index in [0.29, 0.717) is 34.7 Å². The first-order chi connectivity index (χ1) is 12.2. The largest absolute Gasteiger partial charge is 0.396 e. The standard InChI is InChI=1S/C16H12N8O/c1-9-11(14(18)15-16(20-9)23-25-22-15)7-10-3-4-13(12(8-17)21-10)24-6-2-5-19-24/h2-6H,7,18H2,1H3. The molecule has 0 unspecified atom stereocenters. The van der Waals surface area contributed by atoms with Crippen LogP contribution in [0.3, 0.4) is 0 Å². The predicted octanol–water partition coefficient (Wildman–Crippen LogP) is 1.55. The highest BCUT2D eigenvalue weighted by molar-refractivity contribution is 5.85. The summed E-state index contributed by atoms with van der Waals surface area (Å²) >= 11 is 0. The molecule has 0 aliphatic rings. The predicted molar refractivity (Wildman–Crippen MR) is 87.6 cm³/mol. The van der Waals surface area contributed by atoms with Gasteiger partial charge in [0.25, 0.3) is 0 Å². The van der Waals surface area contributed by atoms with E-state index in [0.717, 1.165) is 11.3 Å². The second-order valence-corrected chi connectivity index (χ2v) is 5.44. The lowest BCUT2D eigenvalue weighted by atomic mass is 10.0. The number of aromatic nitrogens is 6. The minimum atomic E-state index is 0.287. The monoisotopic (exact) mass is 332 g/mol. The van der Waals surface area contributed by atoms with Crippen LogP contribution < -0.4 is 5.73 Å². The first-order valence-electron chi connectivity index (χ1n) is 7.44. The summed E-state index contributed by atoms with van der Waals surface area (Å²) in [7, 11) is 0. The van der Waals surface area contributed by atoms with Gasteiger partial charge in [0, 0.05) is 35.8 Å². The van der Waals surface area contributed by atoms with Crippen molar-refractivity contribution >= 4 is 16.9 Å². The first kappa shape index (κ1) is 14.8. The van der Waals surface area contributed by atoms with Crippen LogP contribution in [0.4, 0.5) is 5.69 Å². The number of nitrogen functional groups attached to an aromatic ring is 1. The van der Waals surface area contributed by atoms with Crippen LogP contribution in [0.2, 0.25) is 0 Å². The summed E-state index contributed by atoms with van der Waals surface area (Å²) < 4.78 is 6.29. The molecule has 4 aromatic rings. The van der Waals surface area contributed by atoms with E-state index in [1.54, 1.807) is 23.1 Å². The molecule has 4 rings (SSSR count). The molecule has 9 heteroatoms. The van der Waals surface area contributed by atoms with Crippen molar-refractivity contribution in [3.8, 4) is 11.8 Å². The van der Waals surface area contributed by atoms with E-state index in [1.165, 1.54) is 0 Å². The molecule has 0 saturated heterocycles. The van der Waals surface area contributed by atoms with Gasteiger partial charge in [0.15, 0.2) is 11.2 Å². The number of hydrogen-bond acceptors (Lipinski definition) is 8. The molecule has 4 heterocycles. The molecule has 0 aliphatic carbocycles. The number of nitrogens with two attached hydrogens (primary N) is 1. The third kappa shape index (κ3) is 2.46. The quantitative estimate of drug-likeness (QED) is 0.597. The van der Waals surface area contributed by atoms with Crippen molar-refractivity contribution in [3.63, 3.8) is 0 Å². The molecule has 0 saturated carbocycles. The molecular weight excluding hydrogens is 320 g/mol. The van der Waals surface area contributed by atoms with E-state index in [2.05, 4.69) is 36.1 Å². The van der Waals surface area contributed by atoms with Crippen LogP contribution in [0.15, 0.2) is 35.2 Å². The molecule has 0 amide bonds. The average Bonchev–Trinajstić information content (AvgIpc) is 3.30. The highest BCUT2D eigenvalue weighted by Crippen LogP contribution is 2.25. The lowest BCUT2D eigenvalue weighted by Crippen LogP contribution is -2.06. The maximum Gasteiger partial charge on any atom is 0.226 e. The molecule has 4 aromatic heterocycles. The van der Waals surface area contributed by atoms with E-state index in [-0.39, 0.29) is 5.69 Å². The van der Waals surface area contributed by atoms with Gasteiger partial charge in [-0.25, -0.2) is 19.3 Å². The third-order valence-electron chi connectivity index (χ3n) is 3.91. The molecule has 0 spiro atoms. The van der Waals surface area contributed by atoms with Crippen LogP contribution in [-0.2, 0) is 6.42 Å². The minimum Gasteiger partial charge on any atom is -0.396 e. The van der Waals surface area contributed by atoms with Crippen molar-refractivity contribution in [2.75, 3.05) is 5.73 Å². The van der Waals surface area contributed by atoms with Crippen LogP contribution >= 0.6 is 0 Å². The first-order valence-corrected chi connectivity index (χ1v) is 7.44. The Morgan fingerprint density at radius 2 is 2.16 bits per heavy atom. The molecule has 0 aromatic carbocycles. The number of nitrogens with zero attached hydrogens (tertiary/aromatic N) is 7. The lowest BCUT2D eigenvalue weighted by Gasteiger charge is -2.10. The Labute approximate surface area is 141 Å². The van der Waals surface area contributed by atoms with Crippen LogP contribution in [0.1, 0.15) is 22.6 Å². The molecule has 25 heavy (non-hydrogen) atoms. The van der Waals surface area contributed by atoms with Crippen LogP contribution in [0.5, 0.6) is 0 Å². The normalized spacial score (nSPS) is 10.9. The molecule has 0 radical (unpaired) electrons. The average molecular weight is 332 g/mol. The van der Waals surface area contributed by atoms with Gasteiger partial charge in [0.2, 0.25) is 5.65 Å². The Hall–Kier alpha value is -3.80. The fourth-order valence-corrected chi connectivity index (χ4v) is 2.66. The zero-order valence-electron chi connectivity index (χ0n) is 13.2. The topological polar surface area (TPSA) is 132 Å². The van der Waals surface area contributed by atoms with Crippen LogP contribution in [0, 0.1) is 18.3 Å². The summed E-state index contributed by atoms with van der Waals surface area (Å²) in [6.07, 6.45) is 3.82. The summed E-state index contributed by atoms with van der Waals surface area (Å²) in [4.78, 5) is 8.77. The van der Waals surface area contributed by atoms with Gasteiger partial charge in [-0.15, -0.1) is 0 Å². The zero-order valence-corrected chi connectivity index (χ0v) is 13.2. The molecule has 9 nitrogen and oxygen atoms in total. The number of aryl methyl sites for hydroxylation is 1. The Kier molecular flexibility index (Phi) is 3.36. The Bertz CT molecular complexity index is 1110. The molecule has 0 fully saturated rings. The van der Waals surface area contributed by atoms with Crippen LogP contribution in [0.25, 0.3) is 16.9 Å². The van der Waals surface area contributed by atoms with Gasteiger partial charge in [0.05, 0.1) is 5.69 Å². The van der Waals surface area contributed by atoms with Crippen molar-refractivity contribution in [1.29, 1.82) is 5.26 Å². The summed E-state index contributed by atoms with van der Waals surface area (Å²) in [6.45, 7) is 1.84. The van der Waals surface area contributed by atoms with Gasteiger partial charge in [-0.3, -0.25) is 0 Å². The maximum absolute atomic E-state index is 9.41. The number of nitriles is 1. The van der Waals surface area contributed by atoms with Gasteiger partial charge < -0.3 is 5.73 Å². The van der Waals surface area contributed by atoms with Crippen LogP contribution in [-0.4, -0.2) is 30.1 Å². The fourth-order valence-electron chi connectivity index (χ4n) is 2.66. The summed E-state index contributed by atoms with van der Waals surface area (Å²) in [5.41, 5.74) is 10.5. The van der Waals surface area contributed by atoms with Gasteiger partial charge in [-0.05, 0) is 35.4 Å². The van der Waals surface area contributed by atoms with E-state index in [1.807, 2.05) is 19.1 Å². The van der Waals surface area contributed by atoms with E-state index in [4.69, 9.17) is 5.73 Å². The highest BCUT2D eigenvalue weighted by Gasteiger charge is 2.16. The molecular formula is C16H12N8O. The van der Waals surface area contributed by atoms with Crippen molar-refractivity contribution in [1.82, 2.24) is 30.1 Å². The Balaban J connectivity index is 1.76. The van der Waals surface area contributed by atoms with Gasteiger partial charge in [0.1, 0.15) is 11.8 Å². The smallest absolute Gasteiger partial charge is 0.226 e. The minimum absolute atomic E-state index is 0.287. The Morgan fingerprint density at radius 1 is 1.28 bits per heavy atom. The number of pyridine rings is 2. The van der Waals surface area contributed by atoms with E-state index >= 15 is 0 Å². The number of anilines is 1. The lowest BCUT2D eigenvalue weighted by molar-refractivity contribution is 0.315. The highest BCUT2D eigenvalue weighted by atomic mass is 16.6. The molecule has 0 atom stereocenters. The number of rotatable bonds is 3. The fraction of sp³-hybridized carbons (Fsp3) is 0.125. The van der Waals surface area contributed by atoms with Crippen molar-refractivity contribution < 1.29 is 4.63 Å². The Morgan fingerprint density at radius 3 is 2.92 bits per heavy atom. The summed E-state index contributed by atoms with van der Waals surface area (Å²) in [6, 6.07) is 7.54. The molecule has 122 valence electrons. The third-order valence-corrected chi connectivity index (χ3v) is 3.91. The SMILES string of the molecule is Cc1nc2nonc2c(N)c1Cc1ccc(-n2cccn2)c(C#N)n1. The van der Waals surface area contributed by atoms with E-state index in [9.17, 15) is 5.26 Å².